The largest absolute Gasteiger partial charge is 0.399 e. The predicted molar refractivity (Wildman–Crippen MR) is 98.7 cm³/mol. The van der Waals surface area contributed by atoms with Crippen molar-refractivity contribution < 1.29 is 0 Å². The number of nitrogens with one attached hydrogen (secondary N) is 1. The molecule has 1 atom stereocenters. The van der Waals surface area contributed by atoms with Gasteiger partial charge in [-0.05, 0) is 60.7 Å². The van der Waals surface area contributed by atoms with Crippen LogP contribution < -0.4 is 11.1 Å². The van der Waals surface area contributed by atoms with Gasteiger partial charge in [0.15, 0.2) is 0 Å². The average Bonchev–Trinajstić information content (AvgIpc) is 2.82. The Kier molecular flexibility index (Phi) is 4.94. The van der Waals surface area contributed by atoms with Gasteiger partial charge in [-0.15, -0.1) is 0 Å². The Morgan fingerprint density at radius 3 is 2.52 bits per heavy atom. The highest BCUT2D eigenvalue weighted by Gasteiger charge is 2.13. The molecular weight excluding hydrogens is 280 g/mol. The Balaban J connectivity index is 1.53. The SMILES string of the molecule is CC(NCCCc1ccc(N)cc1)c1ccc2cccccc1-2. The molecule has 1 aromatic rings. The fourth-order valence-electron chi connectivity index (χ4n) is 3.02. The molecule has 0 saturated heterocycles. The molecule has 23 heavy (non-hydrogen) atoms. The molecule has 118 valence electrons. The highest BCUT2D eigenvalue weighted by Crippen LogP contribution is 2.31. The van der Waals surface area contributed by atoms with Crippen LogP contribution >= 0.6 is 0 Å². The van der Waals surface area contributed by atoms with E-state index in [1.54, 1.807) is 0 Å². The van der Waals surface area contributed by atoms with Crippen LogP contribution in [-0.4, -0.2) is 6.54 Å². The Hall–Kier alpha value is -2.32. The number of fused-ring (bicyclic) bond motifs is 1. The van der Waals surface area contributed by atoms with Gasteiger partial charge in [0.1, 0.15) is 0 Å². The highest BCUT2D eigenvalue weighted by molar-refractivity contribution is 5.70. The third kappa shape index (κ3) is 3.91. The van der Waals surface area contributed by atoms with Crippen LogP contribution in [0.4, 0.5) is 5.69 Å². The molecule has 0 aliphatic heterocycles. The van der Waals surface area contributed by atoms with E-state index in [9.17, 15) is 0 Å². The molecule has 1 unspecified atom stereocenters. The number of aryl methyl sites for hydroxylation is 1. The van der Waals surface area contributed by atoms with E-state index in [2.05, 4.69) is 66.8 Å². The summed E-state index contributed by atoms with van der Waals surface area (Å²) in [5, 5.41) is 3.64. The number of nitrogen functional groups attached to an aromatic ring is 1. The van der Waals surface area contributed by atoms with Crippen LogP contribution in [0.1, 0.15) is 30.5 Å². The molecule has 0 spiro atoms. The van der Waals surface area contributed by atoms with Crippen LogP contribution in [0.2, 0.25) is 0 Å². The highest BCUT2D eigenvalue weighted by atomic mass is 14.9. The Morgan fingerprint density at radius 1 is 0.913 bits per heavy atom. The molecule has 0 aromatic heterocycles. The van der Waals surface area contributed by atoms with Gasteiger partial charge < -0.3 is 11.1 Å². The van der Waals surface area contributed by atoms with Gasteiger partial charge in [0.2, 0.25) is 0 Å². The van der Waals surface area contributed by atoms with Crippen molar-refractivity contribution in [3.63, 3.8) is 0 Å². The fraction of sp³-hybridized carbons (Fsp3) is 0.238. The molecular formula is C21H24N2. The lowest BCUT2D eigenvalue weighted by Gasteiger charge is -2.14. The van der Waals surface area contributed by atoms with E-state index in [0.29, 0.717) is 6.04 Å². The molecule has 1 aromatic carbocycles. The van der Waals surface area contributed by atoms with E-state index in [0.717, 1.165) is 25.1 Å². The Morgan fingerprint density at radius 2 is 1.70 bits per heavy atom. The van der Waals surface area contributed by atoms with E-state index in [1.165, 1.54) is 22.3 Å². The van der Waals surface area contributed by atoms with Gasteiger partial charge in [-0.25, -0.2) is 0 Å². The zero-order chi connectivity index (χ0) is 16.1. The summed E-state index contributed by atoms with van der Waals surface area (Å²) in [6.45, 7) is 3.25. The summed E-state index contributed by atoms with van der Waals surface area (Å²) < 4.78 is 0. The van der Waals surface area contributed by atoms with Crippen molar-refractivity contribution >= 4 is 5.69 Å². The first-order valence-electron chi connectivity index (χ1n) is 8.29. The van der Waals surface area contributed by atoms with Crippen LogP contribution in [0.25, 0.3) is 11.1 Å². The molecule has 2 aliphatic carbocycles. The monoisotopic (exact) mass is 304 g/mol. The number of hydrogen-bond acceptors (Lipinski definition) is 2. The second-order valence-corrected chi connectivity index (χ2v) is 6.09. The standard InChI is InChI=1S/C21H24N2/c1-16(20-14-11-18-7-3-2-4-8-21(18)20)23-15-5-6-17-9-12-19(22)13-10-17/h2-4,7-14,16,23H,5-6,15,22H2,1H3. The number of anilines is 1. The van der Waals surface area contributed by atoms with Crippen LogP contribution in [0.3, 0.4) is 0 Å². The van der Waals surface area contributed by atoms with Crippen LogP contribution in [0.5, 0.6) is 0 Å². The summed E-state index contributed by atoms with van der Waals surface area (Å²) >= 11 is 0. The first-order valence-corrected chi connectivity index (χ1v) is 8.29. The molecule has 2 aliphatic rings. The summed E-state index contributed by atoms with van der Waals surface area (Å²) in [6, 6.07) is 23.6. The summed E-state index contributed by atoms with van der Waals surface area (Å²) in [4.78, 5) is 0. The second kappa shape index (κ2) is 7.30. The maximum absolute atomic E-state index is 5.72. The topological polar surface area (TPSA) is 38.0 Å². The van der Waals surface area contributed by atoms with Gasteiger partial charge in [-0.3, -0.25) is 0 Å². The van der Waals surface area contributed by atoms with Crippen molar-refractivity contribution in [2.24, 2.45) is 0 Å². The minimum atomic E-state index is 0.362. The van der Waals surface area contributed by atoms with Crippen LogP contribution in [-0.2, 0) is 6.42 Å². The quantitative estimate of drug-likeness (QED) is 0.513. The summed E-state index contributed by atoms with van der Waals surface area (Å²) in [6.07, 6.45) is 2.21. The normalized spacial score (nSPS) is 12.4. The molecule has 0 amide bonds. The molecule has 0 fully saturated rings. The number of rotatable bonds is 6. The zero-order valence-electron chi connectivity index (χ0n) is 13.6. The van der Waals surface area contributed by atoms with E-state index < -0.39 is 0 Å². The number of benzene rings is 1. The first kappa shape index (κ1) is 15.6. The molecule has 2 nitrogen and oxygen atoms in total. The van der Waals surface area contributed by atoms with Gasteiger partial charge >= 0.3 is 0 Å². The predicted octanol–water partition coefficient (Wildman–Crippen LogP) is 4.66. The van der Waals surface area contributed by atoms with Gasteiger partial charge in [-0.2, -0.15) is 0 Å². The smallest absolute Gasteiger partial charge is 0.0314 e. The maximum Gasteiger partial charge on any atom is 0.0314 e. The summed E-state index contributed by atoms with van der Waals surface area (Å²) in [5.74, 6) is 0. The Labute approximate surface area is 138 Å². The van der Waals surface area contributed by atoms with Crippen molar-refractivity contribution in [2.75, 3.05) is 12.3 Å². The zero-order valence-corrected chi connectivity index (χ0v) is 13.6. The van der Waals surface area contributed by atoms with E-state index in [4.69, 9.17) is 5.73 Å². The summed E-state index contributed by atoms with van der Waals surface area (Å²) in [7, 11) is 0. The van der Waals surface area contributed by atoms with Crippen molar-refractivity contribution in [1.29, 1.82) is 0 Å². The Bertz CT molecular complexity index is 718. The third-order valence-corrected chi connectivity index (χ3v) is 4.36. The minimum Gasteiger partial charge on any atom is -0.399 e. The van der Waals surface area contributed by atoms with Gasteiger partial charge in [0.05, 0.1) is 0 Å². The molecule has 0 saturated carbocycles. The van der Waals surface area contributed by atoms with E-state index in [-0.39, 0.29) is 0 Å². The van der Waals surface area contributed by atoms with Crippen LogP contribution in [0.15, 0.2) is 66.7 Å². The maximum atomic E-state index is 5.72. The molecule has 0 radical (unpaired) electrons. The molecule has 3 rings (SSSR count). The van der Waals surface area contributed by atoms with E-state index >= 15 is 0 Å². The lowest BCUT2D eigenvalue weighted by Crippen LogP contribution is -2.20. The minimum absolute atomic E-state index is 0.362. The average molecular weight is 304 g/mol. The van der Waals surface area contributed by atoms with Gasteiger partial charge in [0.25, 0.3) is 0 Å². The summed E-state index contributed by atoms with van der Waals surface area (Å²) in [5.41, 5.74) is 11.9. The molecule has 3 N–H and O–H groups in total. The number of nitrogens with two attached hydrogens (primary N) is 1. The molecule has 0 bridgehead atoms. The van der Waals surface area contributed by atoms with Crippen LogP contribution in [0, 0.1) is 0 Å². The first-order chi connectivity index (χ1) is 11.2. The van der Waals surface area contributed by atoms with Crippen molar-refractivity contribution in [1.82, 2.24) is 5.32 Å². The van der Waals surface area contributed by atoms with Gasteiger partial charge in [0, 0.05) is 11.7 Å². The lowest BCUT2D eigenvalue weighted by atomic mass is 10.0. The van der Waals surface area contributed by atoms with Crippen molar-refractivity contribution in [2.45, 2.75) is 25.8 Å². The third-order valence-electron chi connectivity index (χ3n) is 4.36. The number of hydrogen-bond donors (Lipinski definition) is 2. The van der Waals surface area contributed by atoms with Gasteiger partial charge in [-0.1, -0.05) is 54.6 Å². The van der Waals surface area contributed by atoms with E-state index in [1.807, 2.05) is 12.1 Å². The second-order valence-electron chi connectivity index (χ2n) is 6.09. The molecule has 0 heterocycles. The molecule has 2 heteroatoms. The fourth-order valence-corrected chi connectivity index (χ4v) is 3.02. The lowest BCUT2D eigenvalue weighted by molar-refractivity contribution is 0.560. The van der Waals surface area contributed by atoms with Crippen molar-refractivity contribution in [3.8, 4) is 11.1 Å². The van der Waals surface area contributed by atoms with Crippen molar-refractivity contribution in [3.05, 3.63) is 77.9 Å².